The summed E-state index contributed by atoms with van der Waals surface area (Å²) in [6, 6.07) is 12.0. The van der Waals surface area contributed by atoms with Crippen LogP contribution >= 0.6 is 34.8 Å². The molecule has 0 bridgehead atoms. The number of aliphatic hydroxyl groups excluding tert-OH is 1. The maximum atomic E-state index is 12.0. The molecule has 3 rings (SSSR count). The number of hydrogen-bond donors (Lipinski definition) is 1. The van der Waals surface area contributed by atoms with Gasteiger partial charge in [0, 0.05) is 29.2 Å². The molecule has 1 N–H and O–H groups in total. The monoisotopic (exact) mass is 477 g/mol. The van der Waals surface area contributed by atoms with Crippen molar-refractivity contribution < 1.29 is 18.3 Å². The molecule has 1 fully saturated rings. The third-order valence-electron chi connectivity index (χ3n) is 4.83. The van der Waals surface area contributed by atoms with Crippen LogP contribution in [-0.2, 0) is 16.4 Å². The quantitative estimate of drug-likeness (QED) is 0.619. The first-order valence-electron chi connectivity index (χ1n) is 9.17. The fraction of sp³-hybridized carbons (Fsp3) is 0.400. The van der Waals surface area contributed by atoms with Gasteiger partial charge < -0.3 is 9.84 Å². The minimum atomic E-state index is -3.07. The van der Waals surface area contributed by atoms with Gasteiger partial charge in [-0.2, -0.15) is 0 Å². The SMILES string of the molecule is O=S1(=O)CCC(N(Cc2ccc(Cl)cc2Cl)CC(O)COc2ccccc2Cl)C1. The molecule has 0 spiro atoms. The first-order valence-corrected chi connectivity index (χ1v) is 12.1. The van der Waals surface area contributed by atoms with Crippen molar-refractivity contribution in [2.45, 2.75) is 25.1 Å². The van der Waals surface area contributed by atoms with E-state index in [9.17, 15) is 13.5 Å². The van der Waals surface area contributed by atoms with E-state index in [0.29, 0.717) is 33.8 Å². The Bertz CT molecular complexity index is 954. The fourth-order valence-electron chi connectivity index (χ4n) is 3.35. The van der Waals surface area contributed by atoms with Crippen molar-refractivity contribution in [3.8, 4) is 5.75 Å². The van der Waals surface area contributed by atoms with E-state index < -0.39 is 15.9 Å². The van der Waals surface area contributed by atoms with Gasteiger partial charge in [-0.05, 0) is 36.2 Å². The Morgan fingerprint density at radius 1 is 1.14 bits per heavy atom. The summed E-state index contributed by atoms with van der Waals surface area (Å²) in [4.78, 5) is 1.94. The number of benzene rings is 2. The standard InChI is InChI=1S/C20H22Cl3NO4S/c21-15-6-5-14(19(23)9-15)10-24(16-7-8-29(26,27)13-16)11-17(25)12-28-20-4-2-1-3-18(20)22/h1-6,9,16-17,25H,7-8,10-13H2. The van der Waals surface area contributed by atoms with Crippen molar-refractivity contribution >= 4 is 44.6 Å². The Morgan fingerprint density at radius 3 is 2.55 bits per heavy atom. The Balaban J connectivity index is 1.69. The second-order valence-electron chi connectivity index (χ2n) is 7.12. The van der Waals surface area contributed by atoms with Gasteiger partial charge in [0.2, 0.25) is 0 Å². The largest absolute Gasteiger partial charge is 0.489 e. The fourth-order valence-corrected chi connectivity index (χ4v) is 5.77. The van der Waals surface area contributed by atoms with Gasteiger partial charge in [0.1, 0.15) is 18.5 Å². The average Bonchev–Trinajstić information content (AvgIpc) is 3.02. The lowest BCUT2D eigenvalue weighted by molar-refractivity contribution is 0.0525. The van der Waals surface area contributed by atoms with Crippen LogP contribution in [0.4, 0.5) is 0 Å². The van der Waals surface area contributed by atoms with E-state index in [2.05, 4.69) is 0 Å². The molecule has 1 aliphatic rings. The van der Waals surface area contributed by atoms with Gasteiger partial charge in [-0.25, -0.2) is 8.42 Å². The van der Waals surface area contributed by atoms with Crippen molar-refractivity contribution in [2.24, 2.45) is 0 Å². The summed E-state index contributed by atoms with van der Waals surface area (Å²) in [5.74, 6) is 0.703. The van der Waals surface area contributed by atoms with E-state index in [0.717, 1.165) is 5.56 Å². The van der Waals surface area contributed by atoms with Gasteiger partial charge in [0.05, 0.1) is 16.5 Å². The van der Waals surface area contributed by atoms with Gasteiger partial charge in [0.25, 0.3) is 0 Å². The molecule has 0 amide bonds. The minimum Gasteiger partial charge on any atom is -0.489 e. The predicted octanol–water partition coefficient (Wildman–Crippen LogP) is 4.08. The number of para-hydroxylation sites is 1. The molecule has 0 aromatic heterocycles. The first kappa shape index (κ1) is 22.7. The second kappa shape index (κ2) is 9.86. The lowest BCUT2D eigenvalue weighted by Crippen LogP contribution is -2.42. The lowest BCUT2D eigenvalue weighted by atomic mass is 10.1. The molecule has 2 atom stereocenters. The molecule has 9 heteroatoms. The Labute approximate surface area is 186 Å². The summed E-state index contributed by atoms with van der Waals surface area (Å²) in [6.45, 7) is 0.678. The van der Waals surface area contributed by atoms with Gasteiger partial charge >= 0.3 is 0 Å². The van der Waals surface area contributed by atoms with E-state index in [1.165, 1.54) is 0 Å². The highest BCUT2D eigenvalue weighted by Gasteiger charge is 2.33. The summed E-state index contributed by atoms with van der Waals surface area (Å²) in [6.07, 6.45) is -0.313. The maximum Gasteiger partial charge on any atom is 0.151 e. The molecule has 29 heavy (non-hydrogen) atoms. The van der Waals surface area contributed by atoms with Crippen LogP contribution in [0.1, 0.15) is 12.0 Å². The molecule has 2 unspecified atom stereocenters. The number of aliphatic hydroxyl groups is 1. The third kappa shape index (κ3) is 6.48. The van der Waals surface area contributed by atoms with Crippen molar-refractivity contribution in [2.75, 3.05) is 24.7 Å². The van der Waals surface area contributed by atoms with Crippen LogP contribution in [-0.4, -0.2) is 55.2 Å². The first-order chi connectivity index (χ1) is 13.7. The highest BCUT2D eigenvalue weighted by molar-refractivity contribution is 7.91. The van der Waals surface area contributed by atoms with Crippen LogP contribution in [0.5, 0.6) is 5.75 Å². The number of sulfone groups is 1. The molecule has 1 heterocycles. The van der Waals surface area contributed by atoms with Crippen molar-refractivity contribution in [1.29, 1.82) is 0 Å². The minimum absolute atomic E-state index is 0.0358. The van der Waals surface area contributed by atoms with E-state index in [1.807, 2.05) is 11.0 Å². The predicted molar refractivity (Wildman–Crippen MR) is 117 cm³/mol. The van der Waals surface area contributed by atoms with E-state index in [-0.39, 0.29) is 30.7 Å². The molecule has 0 aliphatic carbocycles. The number of hydrogen-bond acceptors (Lipinski definition) is 5. The number of ether oxygens (including phenoxy) is 1. The molecule has 1 aliphatic heterocycles. The van der Waals surface area contributed by atoms with Crippen LogP contribution < -0.4 is 4.74 Å². The van der Waals surface area contributed by atoms with Gasteiger partial charge in [-0.15, -0.1) is 0 Å². The van der Waals surface area contributed by atoms with Gasteiger partial charge in [0.15, 0.2) is 9.84 Å². The van der Waals surface area contributed by atoms with Crippen LogP contribution in [0.15, 0.2) is 42.5 Å². The normalized spacial score (nSPS) is 19.4. The smallest absolute Gasteiger partial charge is 0.151 e. The molecule has 2 aromatic carbocycles. The van der Waals surface area contributed by atoms with Crippen molar-refractivity contribution in [3.05, 3.63) is 63.1 Å². The summed E-state index contributed by atoms with van der Waals surface area (Å²) < 4.78 is 29.6. The summed E-state index contributed by atoms with van der Waals surface area (Å²) in [5.41, 5.74) is 0.819. The number of rotatable bonds is 8. The molecule has 5 nitrogen and oxygen atoms in total. The van der Waals surface area contributed by atoms with Crippen molar-refractivity contribution in [3.63, 3.8) is 0 Å². The summed E-state index contributed by atoms with van der Waals surface area (Å²) in [7, 11) is -3.07. The van der Waals surface area contributed by atoms with Crippen LogP contribution in [0.2, 0.25) is 15.1 Å². The summed E-state index contributed by atoms with van der Waals surface area (Å²) in [5, 5.41) is 12.0. The topological polar surface area (TPSA) is 66.8 Å². The number of halogens is 3. The second-order valence-corrected chi connectivity index (χ2v) is 10.6. The van der Waals surface area contributed by atoms with Crippen molar-refractivity contribution in [1.82, 2.24) is 4.90 Å². The Hall–Kier alpha value is -1.02. The molecule has 0 radical (unpaired) electrons. The van der Waals surface area contributed by atoms with Crippen LogP contribution in [0, 0.1) is 0 Å². The molecule has 158 valence electrons. The van der Waals surface area contributed by atoms with E-state index >= 15 is 0 Å². The third-order valence-corrected chi connectivity index (χ3v) is 7.48. The van der Waals surface area contributed by atoms with E-state index in [1.54, 1.807) is 36.4 Å². The highest BCUT2D eigenvalue weighted by atomic mass is 35.5. The zero-order valence-corrected chi connectivity index (χ0v) is 18.7. The Kier molecular flexibility index (Phi) is 7.70. The molecule has 1 saturated heterocycles. The van der Waals surface area contributed by atoms with Gasteiger partial charge in [-0.1, -0.05) is 53.0 Å². The van der Waals surface area contributed by atoms with E-state index in [4.69, 9.17) is 39.5 Å². The zero-order valence-electron chi connectivity index (χ0n) is 15.6. The summed E-state index contributed by atoms with van der Waals surface area (Å²) >= 11 is 18.3. The molecule has 2 aromatic rings. The Morgan fingerprint density at radius 2 is 1.90 bits per heavy atom. The van der Waals surface area contributed by atoms with Crippen LogP contribution in [0.25, 0.3) is 0 Å². The average molecular weight is 479 g/mol. The maximum absolute atomic E-state index is 12.0. The zero-order chi connectivity index (χ0) is 21.0. The molecule has 0 saturated carbocycles. The molecular weight excluding hydrogens is 457 g/mol. The van der Waals surface area contributed by atoms with Crippen LogP contribution in [0.3, 0.4) is 0 Å². The lowest BCUT2D eigenvalue weighted by Gasteiger charge is -2.30. The number of nitrogens with zero attached hydrogens (tertiary/aromatic N) is 1. The molecular formula is C20H22Cl3NO4S. The van der Waals surface area contributed by atoms with Gasteiger partial charge in [-0.3, -0.25) is 4.90 Å². The highest BCUT2D eigenvalue weighted by Crippen LogP contribution is 2.26.